The van der Waals surface area contributed by atoms with E-state index in [0.29, 0.717) is 0 Å². The summed E-state index contributed by atoms with van der Waals surface area (Å²) in [6, 6.07) is 6.14. The standard InChI is InChI=1S/C16H25NO2/c1-6-7-8-13-9-10-14(12(2)11-13)17-15(18)19-16(3,4)5/h9-11H,6-8H2,1-5H3,(H,17,18). The summed E-state index contributed by atoms with van der Waals surface area (Å²) in [6.45, 7) is 9.75. The lowest BCUT2D eigenvalue weighted by Crippen LogP contribution is -2.27. The quantitative estimate of drug-likeness (QED) is 0.856. The lowest BCUT2D eigenvalue weighted by atomic mass is 10.0. The maximum Gasteiger partial charge on any atom is 0.412 e. The van der Waals surface area contributed by atoms with E-state index >= 15 is 0 Å². The number of hydrogen-bond donors (Lipinski definition) is 1. The fourth-order valence-corrected chi connectivity index (χ4v) is 1.82. The molecule has 1 N–H and O–H groups in total. The van der Waals surface area contributed by atoms with Crippen molar-refractivity contribution in [1.82, 2.24) is 0 Å². The number of carbonyl (C=O) groups is 1. The van der Waals surface area contributed by atoms with Gasteiger partial charge in [-0.2, -0.15) is 0 Å². The SMILES string of the molecule is CCCCc1ccc(NC(=O)OC(C)(C)C)c(C)c1. The van der Waals surface area contributed by atoms with Crippen LogP contribution in [-0.4, -0.2) is 11.7 Å². The van der Waals surface area contributed by atoms with Gasteiger partial charge in [-0.05, 0) is 57.7 Å². The van der Waals surface area contributed by atoms with Crippen molar-refractivity contribution in [2.45, 2.75) is 59.5 Å². The third-order valence-corrected chi connectivity index (χ3v) is 2.75. The molecule has 0 aromatic heterocycles. The topological polar surface area (TPSA) is 38.3 Å². The first-order chi connectivity index (χ1) is 8.81. The molecule has 1 rings (SSSR count). The second-order valence-electron chi connectivity index (χ2n) is 5.88. The number of anilines is 1. The summed E-state index contributed by atoms with van der Waals surface area (Å²) in [5, 5.41) is 2.79. The molecule has 0 aliphatic carbocycles. The Morgan fingerprint density at radius 3 is 2.53 bits per heavy atom. The Kier molecular flexibility index (Phi) is 5.40. The summed E-state index contributed by atoms with van der Waals surface area (Å²) in [6.07, 6.45) is 3.07. The molecule has 0 saturated heterocycles. The molecule has 0 unspecified atom stereocenters. The summed E-state index contributed by atoms with van der Waals surface area (Å²) < 4.78 is 5.24. The van der Waals surface area contributed by atoms with E-state index in [0.717, 1.165) is 17.7 Å². The fraction of sp³-hybridized carbons (Fsp3) is 0.562. The van der Waals surface area contributed by atoms with E-state index in [2.05, 4.69) is 24.4 Å². The predicted molar refractivity (Wildman–Crippen MR) is 79.6 cm³/mol. The zero-order chi connectivity index (χ0) is 14.5. The molecule has 0 aliphatic heterocycles. The molecule has 106 valence electrons. The van der Waals surface area contributed by atoms with Crippen molar-refractivity contribution < 1.29 is 9.53 Å². The Morgan fingerprint density at radius 2 is 2.00 bits per heavy atom. The molecule has 0 aliphatic rings. The molecule has 0 atom stereocenters. The van der Waals surface area contributed by atoms with E-state index in [1.165, 1.54) is 18.4 Å². The van der Waals surface area contributed by atoms with E-state index in [1.807, 2.05) is 33.8 Å². The molecule has 0 spiro atoms. The number of hydrogen-bond acceptors (Lipinski definition) is 2. The Bertz CT molecular complexity index is 433. The summed E-state index contributed by atoms with van der Waals surface area (Å²) >= 11 is 0. The van der Waals surface area contributed by atoms with Gasteiger partial charge in [0.05, 0.1) is 0 Å². The predicted octanol–water partition coefficient (Wildman–Crippen LogP) is 4.68. The van der Waals surface area contributed by atoms with Crippen LogP contribution in [0.1, 0.15) is 51.7 Å². The van der Waals surface area contributed by atoms with Gasteiger partial charge in [-0.3, -0.25) is 5.32 Å². The van der Waals surface area contributed by atoms with Crippen LogP contribution in [0.15, 0.2) is 18.2 Å². The average molecular weight is 263 g/mol. The monoisotopic (exact) mass is 263 g/mol. The van der Waals surface area contributed by atoms with Crippen LogP contribution in [0.4, 0.5) is 10.5 Å². The molecular weight excluding hydrogens is 238 g/mol. The van der Waals surface area contributed by atoms with Crippen molar-refractivity contribution in [2.24, 2.45) is 0 Å². The van der Waals surface area contributed by atoms with Crippen molar-refractivity contribution in [1.29, 1.82) is 0 Å². The van der Waals surface area contributed by atoms with Crippen LogP contribution in [0.25, 0.3) is 0 Å². The summed E-state index contributed by atoms with van der Waals surface area (Å²) in [5.41, 5.74) is 2.72. The average Bonchev–Trinajstić information content (AvgIpc) is 2.27. The molecule has 1 aromatic carbocycles. The van der Waals surface area contributed by atoms with E-state index in [9.17, 15) is 4.79 Å². The van der Waals surface area contributed by atoms with E-state index in [1.54, 1.807) is 0 Å². The molecular formula is C16H25NO2. The lowest BCUT2D eigenvalue weighted by molar-refractivity contribution is 0.0636. The van der Waals surface area contributed by atoms with Crippen LogP contribution in [0.2, 0.25) is 0 Å². The number of unbranched alkanes of at least 4 members (excludes halogenated alkanes) is 1. The van der Waals surface area contributed by atoms with Crippen molar-refractivity contribution >= 4 is 11.8 Å². The highest BCUT2D eigenvalue weighted by atomic mass is 16.6. The number of benzene rings is 1. The highest BCUT2D eigenvalue weighted by Gasteiger charge is 2.16. The van der Waals surface area contributed by atoms with E-state index in [-0.39, 0.29) is 0 Å². The third kappa shape index (κ3) is 5.77. The maximum absolute atomic E-state index is 11.7. The molecule has 0 fully saturated rings. The largest absolute Gasteiger partial charge is 0.444 e. The molecule has 1 aromatic rings. The highest BCUT2D eigenvalue weighted by molar-refractivity contribution is 5.85. The summed E-state index contributed by atoms with van der Waals surface area (Å²) in [4.78, 5) is 11.7. The highest BCUT2D eigenvalue weighted by Crippen LogP contribution is 2.19. The van der Waals surface area contributed by atoms with Gasteiger partial charge in [0.1, 0.15) is 5.60 Å². The van der Waals surface area contributed by atoms with Crippen LogP contribution in [-0.2, 0) is 11.2 Å². The van der Waals surface area contributed by atoms with Gasteiger partial charge in [-0.1, -0.05) is 25.5 Å². The van der Waals surface area contributed by atoms with Crippen LogP contribution in [0, 0.1) is 6.92 Å². The minimum Gasteiger partial charge on any atom is -0.444 e. The van der Waals surface area contributed by atoms with Gasteiger partial charge in [0.15, 0.2) is 0 Å². The minimum atomic E-state index is -0.473. The molecule has 3 nitrogen and oxygen atoms in total. The van der Waals surface area contributed by atoms with Crippen LogP contribution < -0.4 is 5.32 Å². The fourth-order valence-electron chi connectivity index (χ4n) is 1.82. The number of carbonyl (C=O) groups excluding carboxylic acids is 1. The second-order valence-corrected chi connectivity index (χ2v) is 5.88. The van der Waals surface area contributed by atoms with Gasteiger partial charge in [0, 0.05) is 5.69 Å². The first-order valence-electron chi connectivity index (χ1n) is 6.91. The molecule has 0 bridgehead atoms. The van der Waals surface area contributed by atoms with Crippen molar-refractivity contribution in [2.75, 3.05) is 5.32 Å². The Morgan fingerprint density at radius 1 is 1.32 bits per heavy atom. The molecule has 0 saturated carbocycles. The minimum absolute atomic E-state index is 0.406. The van der Waals surface area contributed by atoms with Gasteiger partial charge in [-0.25, -0.2) is 4.79 Å². The molecule has 19 heavy (non-hydrogen) atoms. The van der Waals surface area contributed by atoms with E-state index in [4.69, 9.17) is 4.74 Å². The number of rotatable bonds is 4. The van der Waals surface area contributed by atoms with Gasteiger partial charge >= 0.3 is 6.09 Å². The zero-order valence-electron chi connectivity index (χ0n) is 12.7. The second kappa shape index (κ2) is 6.60. The smallest absolute Gasteiger partial charge is 0.412 e. The number of nitrogens with one attached hydrogen (secondary N) is 1. The van der Waals surface area contributed by atoms with Gasteiger partial charge in [0.2, 0.25) is 0 Å². The Balaban J connectivity index is 2.67. The summed E-state index contributed by atoms with van der Waals surface area (Å²) in [7, 11) is 0. The van der Waals surface area contributed by atoms with Crippen LogP contribution in [0.5, 0.6) is 0 Å². The van der Waals surface area contributed by atoms with Crippen LogP contribution >= 0.6 is 0 Å². The number of aryl methyl sites for hydroxylation is 2. The Hall–Kier alpha value is -1.51. The maximum atomic E-state index is 11.7. The van der Waals surface area contributed by atoms with Gasteiger partial charge in [-0.15, -0.1) is 0 Å². The third-order valence-electron chi connectivity index (χ3n) is 2.75. The molecule has 0 heterocycles. The van der Waals surface area contributed by atoms with E-state index < -0.39 is 11.7 Å². The van der Waals surface area contributed by atoms with Crippen molar-refractivity contribution in [3.8, 4) is 0 Å². The number of ether oxygens (including phenoxy) is 1. The Labute approximate surface area is 116 Å². The normalized spacial score (nSPS) is 11.2. The first-order valence-corrected chi connectivity index (χ1v) is 6.91. The summed E-state index contributed by atoms with van der Waals surface area (Å²) in [5.74, 6) is 0. The van der Waals surface area contributed by atoms with Crippen LogP contribution in [0.3, 0.4) is 0 Å². The lowest BCUT2D eigenvalue weighted by Gasteiger charge is -2.20. The molecule has 3 heteroatoms. The van der Waals surface area contributed by atoms with Crippen molar-refractivity contribution in [3.63, 3.8) is 0 Å². The van der Waals surface area contributed by atoms with Crippen molar-refractivity contribution in [3.05, 3.63) is 29.3 Å². The first kappa shape index (κ1) is 15.5. The zero-order valence-corrected chi connectivity index (χ0v) is 12.7. The van der Waals surface area contributed by atoms with Gasteiger partial charge < -0.3 is 4.74 Å². The molecule has 0 radical (unpaired) electrons. The number of amides is 1. The molecule has 1 amide bonds. The van der Waals surface area contributed by atoms with Gasteiger partial charge in [0.25, 0.3) is 0 Å².